The Morgan fingerprint density at radius 1 is 0.960 bits per heavy atom. The topological polar surface area (TPSA) is 48.3 Å². The number of azo groups is 1. The van der Waals surface area contributed by atoms with Crippen molar-refractivity contribution in [3.05, 3.63) is 72.6 Å². The molecule has 0 aliphatic carbocycles. The van der Waals surface area contributed by atoms with E-state index in [1.165, 1.54) is 0 Å². The molecular formula is C20H22N4O. The first-order valence-electron chi connectivity index (χ1n) is 8.45. The fourth-order valence-electron chi connectivity index (χ4n) is 2.75. The highest BCUT2D eigenvalue weighted by Gasteiger charge is 2.14. The average molecular weight is 334 g/mol. The van der Waals surface area contributed by atoms with Crippen LogP contribution in [-0.4, -0.2) is 36.9 Å². The van der Waals surface area contributed by atoms with E-state index in [0.29, 0.717) is 0 Å². The van der Waals surface area contributed by atoms with Crippen LogP contribution in [0.15, 0.2) is 77.2 Å². The number of piperazine rings is 1. The van der Waals surface area contributed by atoms with Gasteiger partial charge in [-0.3, -0.25) is 4.79 Å². The maximum Gasteiger partial charge on any atom is 0.159 e. The summed E-state index contributed by atoms with van der Waals surface area (Å²) in [7, 11) is 0. The molecule has 1 saturated heterocycles. The van der Waals surface area contributed by atoms with Crippen LogP contribution >= 0.6 is 0 Å². The Morgan fingerprint density at radius 2 is 1.64 bits per heavy atom. The first-order chi connectivity index (χ1) is 12.2. The lowest BCUT2D eigenvalue weighted by Gasteiger charge is -2.35. The molecule has 1 fully saturated rings. The fourth-order valence-corrected chi connectivity index (χ4v) is 2.75. The number of carbonyl (C=O) groups is 1. The van der Waals surface area contributed by atoms with Gasteiger partial charge in [-0.05, 0) is 43.3 Å². The van der Waals surface area contributed by atoms with E-state index in [1.54, 1.807) is 13.1 Å². The second-order valence-electron chi connectivity index (χ2n) is 5.98. The van der Waals surface area contributed by atoms with Gasteiger partial charge < -0.3 is 9.80 Å². The number of rotatable bonds is 5. The number of benzene rings is 2. The van der Waals surface area contributed by atoms with Crippen LogP contribution in [0.25, 0.3) is 0 Å². The average Bonchev–Trinajstić information content (AvgIpc) is 2.67. The summed E-state index contributed by atoms with van der Waals surface area (Å²) in [5, 5.41) is 8.25. The lowest BCUT2D eigenvalue weighted by molar-refractivity contribution is 0.101. The minimum Gasteiger partial charge on any atom is -0.373 e. The predicted octanol–water partition coefficient (Wildman–Crippen LogP) is 4.27. The number of nitrogens with zero attached hydrogens (tertiary/aromatic N) is 4. The van der Waals surface area contributed by atoms with E-state index in [-0.39, 0.29) is 5.78 Å². The molecule has 1 aliphatic rings. The summed E-state index contributed by atoms with van der Waals surface area (Å²) in [6.45, 7) is 5.35. The third-order valence-electron chi connectivity index (χ3n) is 4.23. The number of anilines is 1. The highest BCUT2D eigenvalue weighted by Crippen LogP contribution is 2.18. The quantitative estimate of drug-likeness (QED) is 0.606. The number of Topliss-reactive ketones (excluding diaryl/α,β-unsaturated/α-hetero) is 1. The molecule has 0 saturated carbocycles. The Morgan fingerprint density at radius 3 is 2.28 bits per heavy atom. The monoisotopic (exact) mass is 334 g/mol. The fraction of sp³-hybridized carbons (Fsp3) is 0.250. The Labute approximate surface area is 148 Å². The van der Waals surface area contributed by atoms with Crippen molar-refractivity contribution in [1.29, 1.82) is 0 Å². The second-order valence-corrected chi connectivity index (χ2v) is 5.98. The van der Waals surface area contributed by atoms with Crippen LogP contribution in [0, 0.1) is 0 Å². The maximum atomic E-state index is 11.3. The zero-order valence-corrected chi connectivity index (χ0v) is 14.4. The van der Waals surface area contributed by atoms with Crippen LogP contribution in [0.1, 0.15) is 17.3 Å². The van der Waals surface area contributed by atoms with E-state index in [1.807, 2.05) is 60.8 Å². The molecule has 0 spiro atoms. The zero-order chi connectivity index (χ0) is 17.5. The van der Waals surface area contributed by atoms with Gasteiger partial charge in [-0.2, -0.15) is 10.2 Å². The summed E-state index contributed by atoms with van der Waals surface area (Å²) in [5.74, 6) is 0.103. The Hall–Kier alpha value is -2.95. The molecule has 0 atom stereocenters. The highest BCUT2D eigenvalue weighted by molar-refractivity contribution is 5.94. The van der Waals surface area contributed by atoms with Crippen molar-refractivity contribution in [2.24, 2.45) is 10.2 Å². The van der Waals surface area contributed by atoms with Crippen molar-refractivity contribution in [3.63, 3.8) is 0 Å². The van der Waals surface area contributed by atoms with E-state index in [9.17, 15) is 4.79 Å². The molecule has 2 aromatic rings. The summed E-state index contributed by atoms with van der Waals surface area (Å²) in [6, 6.07) is 17.5. The smallest absolute Gasteiger partial charge is 0.159 e. The summed E-state index contributed by atoms with van der Waals surface area (Å²) < 4.78 is 0. The van der Waals surface area contributed by atoms with Gasteiger partial charge in [-0.15, -0.1) is 0 Å². The SMILES string of the molecule is CC(=O)c1ccc(N2CCN(/C=C/N=Nc3ccccc3)CC2)cc1. The minimum atomic E-state index is 0.103. The van der Waals surface area contributed by atoms with Gasteiger partial charge >= 0.3 is 0 Å². The largest absolute Gasteiger partial charge is 0.373 e. The van der Waals surface area contributed by atoms with Crippen LogP contribution in [0.4, 0.5) is 11.4 Å². The maximum absolute atomic E-state index is 11.3. The summed E-state index contributed by atoms with van der Waals surface area (Å²) in [4.78, 5) is 15.9. The number of carbonyl (C=O) groups excluding carboxylic acids is 1. The first-order valence-corrected chi connectivity index (χ1v) is 8.45. The molecule has 128 valence electrons. The molecule has 1 heterocycles. The third kappa shape index (κ3) is 4.76. The van der Waals surface area contributed by atoms with Crippen molar-refractivity contribution in [1.82, 2.24) is 4.90 Å². The highest BCUT2D eigenvalue weighted by atomic mass is 16.1. The lowest BCUT2D eigenvalue weighted by Crippen LogP contribution is -2.44. The zero-order valence-electron chi connectivity index (χ0n) is 14.4. The molecule has 5 heteroatoms. The van der Waals surface area contributed by atoms with Gasteiger partial charge in [0.15, 0.2) is 5.78 Å². The van der Waals surface area contributed by atoms with Gasteiger partial charge in [0.2, 0.25) is 0 Å². The normalized spacial score (nSPS) is 15.2. The lowest BCUT2D eigenvalue weighted by atomic mass is 10.1. The van der Waals surface area contributed by atoms with Crippen molar-refractivity contribution in [3.8, 4) is 0 Å². The van der Waals surface area contributed by atoms with E-state index in [0.717, 1.165) is 43.1 Å². The van der Waals surface area contributed by atoms with Gasteiger partial charge in [0, 0.05) is 43.6 Å². The van der Waals surface area contributed by atoms with Crippen LogP contribution in [0.2, 0.25) is 0 Å². The number of ketones is 1. The molecule has 5 nitrogen and oxygen atoms in total. The van der Waals surface area contributed by atoms with Crippen LogP contribution in [-0.2, 0) is 0 Å². The Kier molecular flexibility index (Phi) is 5.57. The predicted molar refractivity (Wildman–Crippen MR) is 100 cm³/mol. The molecule has 0 amide bonds. The minimum absolute atomic E-state index is 0.103. The molecular weight excluding hydrogens is 312 g/mol. The van der Waals surface area contributed by atoms with Crippen LogP contribution < -0.4 is 4.90 Å². The standard InChI is InChI=1S/C20H22N4O/c1-17(25)18-7-9-20(10-8-18)24-15-13-23(14-16-24)12-11-21-22-19-5-3-2-4-6-19/h2-12H,13-16H2,1H3/b12-11+,22-21?. The van der Waals surface area contributed by atoms with Gasteiger partial charge in [-0.1, -0.05) is 18.2 Å². The first kappa shape index (κ1) is 16.9. The van der Waals surface area contributed by atoms with Crippen LogP contribution in [0.5, 0.6) is 0 Å². The van der Waals surface area contributed by atoms with Crippen molar-refractivity contribution >= 4 is 17.2 Å². The number of hydrogen-bond donors (Lipinski definition) is 0. The Balaban J connectivity index is 1.49. The molecule has 0 radical (unpaired) electrons. The summed E-state index contributed by atoms with van der Waals surface area (Å²) in [5.41, 5.74) is 2.78. The molecule has 3 rings (SSSR count). The van der Waals surface area contributed by atoms with Crippen molar-refractivity contribution in [2.45, 2.75) is 6.92 Å². The van der Waals surface area contributed by atoms with Gasteiger partial charge in [0.1, 0.15) is 0 Å². The number of hydrogen-bond acceptors (Lipinski definition) is 5. The van der Waals surface area contributed by atoms with Gasteiger partial charge in [-0.25, -0.2) is 0 Å². The molecule has 0 bridgehead atoms. The molecule has 1 aliphatic heterocycles. The molecule has 0 unspecified atom stereocenters. The van der Waals surface area contributed by atoms with Crippen molar-refractivity contribution < 1.29 is 4.79 Å². The molecule has 0 N–H and O–H groups in total. The van der Waals surface area contributed by atoms with E-state index < -0.39 is 0 Å². The van der Waals surface area contributed by atoms with E-state index in [2.05, 4.69) is 20.0 Å². The van der Waals surface area contributed by atoms with Gasteiger partial charge in [0.25, 0.3) is 0 Å². The molecule has 0 aromatic heterocycles. The molecule has 25 heavy (non-hydrogen) atoms. The summed E-state index contributed by atoms with van der Waals surface area (Å²) >= 11 is 0. The van der Waals surface area contributed by atoms with Crippen molar-refractivity contribution in [2.75, 3.05) is 31.1 Å². The van der Waals surface area contributed by atoms with E-state index >= 15 is 0 Å². The van der Waals surface area contributed by atoms with Crippen LogP contribution in [0.3, 0.4) is 0 Å². The Bertz CT molecular complexity index is 745. The second kappa shape index (κ2) is 8.24. The summed E-state index contributed by atoms with van der Waals surface area (Å²) in [6.07, 6.45) is 3.73. The third-order valence-corrected chi connectivity index (χ3v) is 4.23. The van der Waals surface area contributed by atoms with E-state index in [4.69, 9.17) is 0 Å². The molecule has 2 aromatic carbocycles. The van der Waals surface area contributed by atoms with Gasteiger partial charge in [0.05, 0.1) is 11.9 Å².